The van der Waals surface area contributed by atoms with E-state index in [9.17, 15) is 22.0 Å². The second-order valence-corrected chi connectivity index (χ2v) is 8.23. The maximum Gasteiger partial charge on any atom is 0.422 e. The van der Waals surface area contributed by atoms with Gasteiger partial charge in [0, 0.05) is 10.9 Å². The van der Waals surface area contributed by atoms with Crippen molar-refractivity contribution in [2.45, 2.75) is 25.9 Å². The standard InChI is InChI=1S/C30H20F6/c1-2-3-4-5-19-6-9-21(10-7-19)23-14-15-25-24(18-23)13-12-22(29(25)33)11-8-20-16-26(31)28(27(32)17-20)30(34,35)36/h2-3,6-7,9-10,12-18H,4-5H2,1H3/b3-2+. The Balaban J connectivity index is 1.60. The molecule has 0 amide bonds. The zero-order chi connectivity index (χ0) is 25.9. The molecule has 0 unspecified atom stereocenters. The first-order valence-corrected chi connectivity index (χ1v) is 11.2. The van der Waals surface area contributed by atoms with Crippen LogP contribution in [0.25, 0.3) is 21.9 Å². The van der Waals surface area contributed by atoms with E-state index >= 15 is 4.39 Å². The molecule has 182 valence electrons. The Morgan fingerprint density at radius 2 is 1.44 bits per heavy atom. The van der Waals surface area contributed by atoms with Gasteiger partial charge in [-0.25, -0.2) is 13.2 Å². The van der Waals surface area contributed by atoms with Gasteiger partial charge in [0.1, 0.15) is 23.0 Å². The molecule has 6 heteroatoms. The van der Waals surface area contributed by atoms with E-state index in [4.69, 9.17) is 0 Å². The number of benzene rings is 4. The summed E-state index contributed by atoms with van der Waals surface area (Å²) in [6, 6.07) is 17.5. The van der Waals surface area contributed by atoms with Crippen molar-refractivity contribution in [2.75, 3.05) is 0 Å². The van der Waals surface area contributed by atoms with E-state index in [0.29, 0.717) is 22.9 Å². The van der Waals surface area contributed by atoms with Gasteiger partial charge >= 0.3 is 6.18 Å². The molecule has 0 saturated heterocycles. The lowest BCUT2D eigenvalue weighted by Crippen LogP contribution is -2.11. The molecule has 0 N–H and O–H groups in total. The lowest BCUT2D eigenvalue weighted by Gasteiger charge is -2.09. The molecule has 0 radical (unpaired) electrons. The summed E-state index contributed by atoms with van der Waals surface area (Å²) in [6.45, 7) is 1.99. The summed E-state index contributed by atoms with van der Waals surface area (Å²) in [7, 11) is 0. The van der Waals surface area contributed by atoms with Crippen LogP contribution >= 0.6 is 0 Å². The van der Waals surface area contributed by atoms with Crippen molar-refractivity contribution in [1.29, 1.82) is 0 Å². The molecule has 0 nitrogen and oxygen atoms in total. The number of hydrogen-bond acceptors (Lipinski definition) is 0. The quantitative estimate of drug-likeness (QED) is 0.151. The van der Waals surface area contributed by atoms with Gasteiger partial charge in [0.25, 0.3) is 0 Å². The minimum absolute atomic E-state index is 0.0403. The molecule has 0 fully saturated rings. The normalized spacial score (nSPS) is 11.6. The summed E-state index contributed by atoms with van der Waals surface area (Å²) < 4.78 is 80.9. The molecule has 36 heavy (non-hydrogen) atoms. The lowest BCUT2D eigenvalue weighted by atomic mass is 9.98. The van der Waals surface area contributed by atoms with Gasteiger partial charge in [-0.15, -0.1) is 0 Å². The third-order valence-corrected chi connectivity index (χ3v) is 5.74. The summed E-state index contributed by atoms with van der Waals surface area (Å²) in [4.78, 5) is 0. The van der Waals surface area contributed by atoms with Crippen LogP contribution in [-0.4, -0.2) is 0 Å². The fourth-order valence-corrected chi connectivity index (χ4v) is 3.90. The Hall–Kier alpha value is -3.98. The topological polar surface area (TPSA) is 0 Å². The highest BCUT2D eigenvalue weighted by molar-refractivity contribution is 5.89. The second-order valence-electron chi connectivity index (χ2n) is 8.23. The van der Waals surface area contributed by atoms with Crippen LogP contribution in [0.15, 0.2) is 78.9 Å². The molecule has 0 spiro atoms. The van der Waals surface area contributed by atoms with E-state index in [1.165, 1.54) is 11.6 Å². The molecule has 4 aromatic carbocycles. The largest absolute Gasteiger partial charge is 0.422 e. The molecule has 0 aliphatic rings. The van der Waals surface area contributed by atoms with Crippen molar-refractivity contribution in [3.8, 4) is 23.0 Å². The van der Waals surface area contributed by atoms with Crippen LogP contribution in [0, 0.1) is 29.3 Å². The zero-order valence-electron chi connectivity index (χ0n) is 19.2. The third kappa shape index (κ3) is 5.46. The molecular formula is C30H20F6. The molecule has 0 heterocycles. The van der Waals surface area contributed by atoms with Crippen molar-refractivity contribution >= 4 is 10.8 Å². The summed E-state index contributed by atoms with van der Waals surface area (Å²) in [5.74, 6) is 0.635. The third-order valence-electron chi connectivity index (χ3n) is 5.74. The van der Waals surface area contributed by atoms with Crippen molar-refractivity contribution in [1.82, 2.24) is 0 Å². The second kappa shape index (κ2) is 10.3. The molecular weight excluding hydrogens is 474 g/mol. The van der Waals surface area contributed by atoms with Crippen LogP contribution < -0.4 is 0 Å². The van der Waals surface area contributed by atoms with E-state index in [1.54, 1.807) is 18.2 Å². The molecule has 0 saturated carbocycles. The number of rotatable bonds is 4. The number of hydrogen-bond donors (Lipinski definition) is 0. The summed E-state index contributed by atoms with van der Waals surface area (Å²) in [5, 5.41) is 0.942. The van der Waals surface area contributed by atoms with E-state index < -0.39 is 29.2 Å². The Labute approximate surface area is 204 Å². The summed E-state index contributed by atoms with van der Waals surface area (Å²) >= 11 is 0. The predicted molar refractivity (Wildman–Crippen MR) is 130 cm³/mol. The van der Waals surface area contributed by atoms with Crippen molar-refractivity contribution in [3.63, 3.8) is 0 Å². The van der Waals surface area contributed by atoms with Gasteiger partial charge in [-0.1, -0.05) is 66.5 Å². The minimum Gasteiger partial charge on any atom is -0.206 e. The van der Waals surface area contributed by atoms with Crippen LogP contribution in [0.5, 0.6) is 0 Å². The monoisotopic (exact) mass is 494 g/mol. The maximum absolute atomic E-state index is 15.1. The van der Waals surface area contributed by atoms with Gasteiger partial charge < -0.3 is 0 Å². The molecule has 0 aromatic heterocycles. The van der Waals surface area contributed by atoms with Gasteiger partial charge in [0.2, 0.25) is 0 Å². The molecule has 0 atom stereocenters. The zero-order valence-corrected chi connectivity index (χ0v) is 19.2. The van der Waals surface area contributed by atoms with Crippen LogP contribution in [-0.2, 0) is 12.6 Å². The Kier molecular flexibility index (Phi) is 7.21. The SMILES string of the molecule is C/C=C/CCc1ccc(-c2ccc3c(F)c(C#Cc4cc(F)c(C(F)(F)F)c(F)c4)ccc3c2)cc1. The van der Waals surface area contributed by atoms with Crippen molar-refractivity contribution in [2.24, 2.45) is 0 Å². The number of halogens is 6. The summed E-state index contributed by atoms with van der Waals surface area (Å²) in [6.07, 6.45) is 0.887. The fraction of sp³-hybridized carbons (Fsp3) is 0.133. The Bertz CT molecular complexity index is 1480. The highest BCUT2D eigenvalue weighted by Crippen LogP contribution is 2.34. The van der Waals surface area contributed by atoms with Crippen molar-refractivity contribution in [3.05, 3.63) is 119 Å². The van der Waals surface area contributed by atoms with Gasteiger partial charge in [-0.05, 0) is 66.1 Å². The number of alkyl halides is 3. The minimum atomic E-state index is -5.17. The Morgan fingerprint density at radius 1 is 0.778 bits per heavy atom. The van der Waals surface area contributed by atoms with E-state index in [-0.39, 0.29) is 11.1 Å². The Morgan fingerprint density at radius 3 is 2.08 bits per heavy atom. The van der Waals surface area contributed by atoms with Crippen LogP contribution in [0.3, 0.4) is 0 Å². The number of fused-ring (bicyclic) bond motifs is 1. The predicted octanol–water partition coefficient (Wildman–Crippen LogP) is 8.85. The maximum atomic E-state index is 15.1. The van der Waals surface area contributed by atoms with Crippen LogP contribution in [0.4, 0.5) is 26.3 Å². The highest BCUT2D eigenvalue weighted by Gasteiger charge is 2.37. The van der Waals surface area contributed by atoms with Crippen molar-refractivity contribution < 1.29 is 26.3 Å². The fourth-order valence-electron chi connectivity index (χ4n) is 3.90. The smallest absolute Gasteiger partial charge is 0.206 e. The van der Waals surface area contributed by atoms with Gasteiger partial charge in [0.05, 0.1) is 5.56 Å². The summed E-state index contributed by atoms with van der Waals surface area (Å²) in [5.41, 5.74) is 0.769. The first-order chi connectivity index (χ1) is 17.2. The number of allylic oxidation sites excluding steroid dienone is 2. The van der Waals surface area contributed by atoms with E-state index in [0.717, 1.165) is 24.0 Å². The average molecular weight is 494 g/mol. The van der Waals surface area contributed by atoms with Gasteiger partial charge in [-0.2, -0.15) is 13.2 Å². The molecule has 4 aromatic rings. The van der Waals surface area contributed by atoms with E-state index in [1.807, 2.05) is 31.2 Å². The highest BCUT2D eigenvalue weighted by atomic mass is 19.4. The average Bonchev–Trinajstić information content (AvgIpc) is 2.83. The first-order valence-electron chi connectivity index (χ1n) is 11.2. The lowest BCUT2D eigenvalue weighted by molar-refractivity contribution is -0.142. The van der Waals surface area contributed by atoms with E-state index in [2.05, 4.69) is 30.0 Å². The molecule has 0 aliphatic heterocycles. The van der Waals surface area contributed by atoms with Crippen LogP contribution in [0.2, 0.25) is 0 Å². The molecule has 4 rings (SSSR count). The first kappa shape index (κ1) is 25.1. The number of aryl methyl sites for hydroxylation is 1. The van der Waals surface area contributed by atoms with Crippen LogP contribution in [0.1, 0.15) is 35.6 Å². The molecule has 0 bridgehead atoms. The molecule has 0 aliphatic carbocycles. The van der Waals surface area contributed by atoms with Gasteiger partial charge in [-0.3, -0.25) is 0 Å². The van der Waals surface area contributed by atoms with Gasteiger partial charge in [0.15, 0.2) is 0 Å².